The van der Waals surface area contributed by atoms with Gasteiger partial charge < -0.3 is 23.2 Å². The van der Waals surface area contributed by atoms with Crippen molar-refractivity contribution in [3.63, 3.8) is 0 Å². The van der Waals surface area contributed by atoms with Crippen molar-refractivity contribution in [2.45, 2.75) is 6.54 Å². The molecular formula is C10H11BF3N2-. The van der Waals surface area contributed by atoms with Gasteiger partial charge in [-0.15, -0.1) is 0 Å². The summed E-state index contributed by atoms with van der Waals surface area (Å²) in [5, 5.41) is 3.37. The summed E-state index contributed by atoms with van der Waals surface area (Å²) in [7, 11) is 0. The third-order valence-corrected chi connectivity index (χ3v) is 2.37. The van der Waals surface area contributed by atoms with Crippen LogP contribution in [0.5, 0.6) is 0 Å². The fourth-order valence-electron chi connectivity index (χ4n) is 1.65. The lowest BCUT2D eigenvalue weighted by molar-refractivity contribution is 0.456. The molecule has 1 aromatic heterocycles. The van der Waals surface area contributed by atoms with E-state index < -0.39 is 13.4 Å². The number of hydrogen-bond donors (Lipinski definition) is 2. The van der Waals surface area contributed by atoms with Gasteiger partial charge in [-0.05, 0) is 18.1 Å². The molecule has 0 unspecified atom stereocenters. The largest absolute Gasteiger partial charge is 0.491 e. The Bertz CT molecular complexity index is 478. The molecule has 1 heterocycles. The standard InChI is InChI=1S/C10H11BF3N2/c12-11(13,14)7-15-5-8-6-16-10-4-2-1-3-9(8)10/h1-4,6,15-16H,5,7H2/q-1. The normalized spacial score (nSPS) is 12.2. The molecule has 6 heteroatoms. The lowest BCUT2D eigenvalue weighted by Crippen LogP contribution is -2.33. The van der Waals surface area contributed by atoms with Crippen molar-refractivity contribution in [1.82, 2.24) is 10.3 Å². The molecule has 2 rings (SSSR count). The monoisotopic (exact) mass is 227 g/mol. The van der Waals surface area contributed by atoms with Crippen molar-refractivity contribution in [2.75, 3.05) is 6.44 Å². The molecule has 0 bridgehead atoms. The third-order valence-electron chi connectivity index (χ3n) is 2.37. The van der Waals surface area contributed by atoms with Crippen LogP contribution in [0.25, 0.3) is 10.9 Å². The number of H-pyrrole nitrogens is 1. The fourth-order valence-corrected chi connectivity index (χ4v) is 1.65. The van der Waals surface area contributed by atoms with Gasteiger partial charge in [0.1, 0.15) is 0 Å². The zero-order chi connectivity index (χ0) is 11.6. The zero-order valence-electron chi connectivity index (χ0n) is 8.51. The van der Waals surface area contributed by atoms with E-state index in [1.54, 1.807) is 6.20 Å². The molecular weight excluding hydrogens is 216 g/mol. The van der Waals surface area contributed by atoms with Crippen LogP contribution in [0.4, 0.5) is 12.9 Å². The molecule has 86 valence electrons. The van der Waals surface area contributed by atoms with Gasteiger partial charge in [-0.25, -0.2) is 0 Å². The molecule has 0 atom stereocenters. The van der Waals surface area contributed by atoms with E-state index in [0.717, 1.165) is 16.5 Å². The van der Waals surface area contributed by atoms with Crippen molar-refractivity contribution in [1.29, 1.82) is 0 Å². The summed E-state index contributed by atoms with van der Waals surface area (Å²) in [4.78, 5) is 3.02. The number of fused-ring (bicyclic) bond motifs is 1. The Labute approximate surface area is 90.9 Å². The highest BCUT2D eigenvalue weighted by Gasteiger charge is 2.21. The van der Waals surface area contributed by atoms with E-state index in [4.69, 9.17) is 0 Å². The first-order valence-electron chi connectivity index (χ1n) is 5.03. The van der Waals surface area contributed by atoms with Gasteiger partial charge in [0, 0.05) is 23.6 Å². The first-order valence-corrected chi connectivity index (χ1v) is 5.03. The van der Waals surface area contributed by atoms with Gasteiger partial charge in [0.2, 0.25) is 0 Å². The Morgan fingerprint density at radius 1 is 1.19 bits per heavy atom. The summed E-state index contributed by atoms with van der Waals surface area (Å²) in [6, 6.07) is 7.54. The van der Waals surface area contributed by atoms with Crippen LogP contribution in [0.1, 0.15) is 5.56 Å². The Balaban J connectivity index is 2.05. The average molecular weight is 227 g/mol. The molecule has 0 saturated carbocycles. The number of para-hydroxylation sites is 1. The molecule has 2 nitrogen and oxygen atoms in total. The Kier molecular flexibility index (Phi) is 2.91. The van der Waals surface area contributed by atoms with Crippen LogP contribution in [-0.4, -0.2) is 18.4 Å². The average Bonchev–Trinajstić information content (AvgIpc) is 2.60. The molecule has 0 aliphatic rings. The molecule has 16 heavy (non-hydrogen) atoms. The van der Waals surface area contributed by atoms with Crippen molar-refractivity contribution >= 4 is 17.9 Å². The molecule has 1 aromatic carbocycles. The zero-order valence-corrected chi connectivity index (χ0v) is 8.51. The van der Waals surface area contributed by atoms with Crippen LogP contribution in [0.3, 0.4) is 0 Å². The van der Waals surface area contributed by atoms with E-state index in [1.807, 2.05) is 24.3 Å². The van der Waals surface area contributed by atoms with Gasteiger partial charge in [0.05, 0.1) is 0 Å². The molecule has 0 saturated heterocycles. The number of benzene rings is 1. The summed E-state index contributed by atoms with van der Waals surface area (Å²) in [6.07, 6.45) is 0.834. The number of aromatic nitrogens is 1. The van der Waals surface area contributed by atoms with E-state index >= 15 is 0 Å². The van der Waals surface area contributed by atoms with Crippen molar-refractivity contribution in [3.05, 3.63) is 36.0 Å². The van der Waals surface area contributed by atoms with Crippen molar-refractivity contribution in [2.24, 2.45) is 0 Å². The van der Waals surface area contributed by atoms with Gasteiger partial charge in [0.25, 0.3) is 0 Å². The summed E-state index contributed by atoms with van der Waals surface area (Å²) in [5.74, 6) is 0. The van der Waals surface area contributed by atoms with E-state index in [1.165, 1.54) is 0 Å². The number of nitrogens with one attached hydrogen (secondary N) is 2. The van der Waals surface area contributed by atoms with E-state index in [2.05, 4.69) is 10.3 Å². The van der Waals surface area contributed by atoms with Gasteiger partial charge in [-0.3, -0.25) is 0 Å². The Morgan fingerprint density at radius 2 is 1.94 bits per heavy atom. The second-order valence-electron chi connectivity index (χ2n) is 3.70. The topological polar surface area (TPSA) is 27.8 Å². The number of halogens is 3. The van der Waals surface area contributed by atoms with Crippen molar-refractivity contribution < 1.29 is 12.9 Å². The van der Waals surface area contributed by atoms with Gasteiger partial charge >= 0.3 is 6.98 Å². The van der Waals surface area contributed by atoms with E-state index in [9.17, 15) is 12.9 Å². The van der Waals surface area contributed by atoms with Gasteiger partial charge in [-0.1, -0.05) is 18.2 Å². The van der Waals surface area contributed by atoms with Crippen LogP contribution in [0.2, 0.25) is 0 Å². The molecule has 0 aliphatic heterocycles. The smallest absolute Gasteiger partial charge is 0.448 e. The first kappa shape index (κ1) is 11.1. The SMILES string of the molecule is F[B-](F)(F)CNCc1c[nH]c2ccccc12. The van der Waals surface area contributed by atoms with E-state index in [-0.39, 0.29) is 6.54 Å². The van der Waals surface area contributed by atoms with Crippen LogP contribution < -0.4 is 5.32 Å². The maximum Gasteiger partial charge on any atom is 0.491 e. The van der Waals surface area contributed by atoms with Gasteiger partial charge in [0.15, 0.2) is 0 Å². The molecule has 0 radical (unpaired) electrons. The van der Waals surface area contributed by atoms with Crippen LogP contribution in [0.15, 0.2) is 30.5 Å². The number of rotatable bonds is 4. The molecule has 2 aromatic rings. The van der Waals surface area contributed by atoms with Crippen LogP contribution >= 0.6 is 0 Å². The maximum atomic E-state index is 12.0. The van der Waals surface area contributed by atoms with Crippen LogP contribution in [-0.2, 0) is 6.54 Å². The minimum atomic E-state index is -4.75. The molecule has 0 amide bonds. The Hall–Kier alpha value is -1.43. The summed E-state index contributed by atoms with van der Waals surface area (Å²) in [5.41, 5.74) is 1.80. The predicted octanol–water partition coefficient (Wildman–Crippen LogP) is 2.64. The summed E-state index contributed by atoms with van der Waals surface area (Å²) >= 11 is 0. The first-order chi connectivity index (χ1) is 7.56. The maximum absolute atomic E-state index is 12.0. The van der Waals surface area contributed by atoms with E-state index in [0.29, 0.717) is 0 Å². The lowest BCUT2D eigenvalue weighted by Gasteiger charge is -2.13. The highest BCUT2D eigenvalue weighted by atomic mass is 19.4. The minimum Gasteiger partial charge on any atom is -0.448 e. The predicted molar refractivity (Wildman–Crippen MR) is 59.1 cm³/mol. The molecule has 2 N–H and O–H groups in total. The fraction of sp³-hybridized carbons (Fsp3) is 0.200. The highest BCUT2D eigenvalue weighted by Crippen LogP contribution is 2.17. The minimum absolute atomic E-state index is 0.227. The highest BCUT2D eigenvalue weighted by molar-refractivity contribution is 6.58. The number of aromatic amines is 1. The lowest BCUT2D eigenvalue weighted by atomic mass is 9.92. The second-order valence-corrected chi connectivity index (χ2v) is 3.70. The second kappa shape index (κ2) is 4.21. The van der Waals surface area contributed by atoms with Crippen molar-refractivity contribution in [3.8, 4) is 0 Å². The molecule has 0 spiro atoms. The molecule has 0 fully saturated rings. The summed E-state index contributed by atoms with van der Waals surface area (Å²) in [6.45, 7) is -4.53. The third kappa shape index (κ3) is 2.58. The summed E-state index contributed by atoms with van der Waals surface area (Å²) < 4.78 is 36.0. The quantitative estimate of drug-likeness (QED) is 0.772. The number of hydrogen-bond acceptors (Lipinski definition) is 1. The Morgan fingerprint density at radius 3 is 2.69 bits per heavy atom. The van der Waals surface area contributed by atoms with Gasteiger partial charge in [-0.2, -0.15) is 0 Å². The molecule has 0 aliphatic carbocycles. The van der Waals surface area contributed by atoms with Crippen LogP contribution in [0, 0.1) is 0 Å².